The Balaban J connectivity index is 1.66. The van der Waals surface area contributed by atoms with Crippen LogP contribution in [-0.2, 0) is 42.6 Å². The Hall–Kier alpha value is -1.05. The van der Waals surface area contributed by atoms with Gasteiger partial charge in [-0.2, -0.15) is 0 Å². The fourth-order valence-electron chi connectivity index (χ4n) is 2.82. The van der Waals surface area contributed by atoms with Crippen LogP contribution in [0.2, 0.25) is 0 Å². The van der Waals surface area contributed by atoms with Gasteiger partial charge in [0, 0.05) is 13.2 Å². The van der Waals surface area contributed by atoms with Crippen molar-refractivity contribution in [2.45, 2.75) is 51.9 Å². The molecule has 1 heterocycles. The summed E-state index contributed by atoms with van der Waals surface area (Å²) < 4.78 is 48.8. The summed E-state index contributed by atoms with van der Waals surface area (Å²) in [6.45, 7) is 13.1. The second-order valence-corrected chi connectivity index (χ2v) is 8.77. The first-order valence-electron chi connectivity index (χ1n) is 12.6. The lowest BCUT2D eigenvalue weighted by atomic mass is 10.2. The van der Waals surface area contributed by atoms with Gasteiger partial charge in [-0.15, -0.1) is 0 Å². The van der Waals surface area contributed by atoms with Crippen molar-refractivity contribution < 1.29 is 47.4 Å². The van der Waals surface area contributed by atoms with E-state index in [0.717, 1.165) is 25.9 Å². The number of rotatable bonds is 22. The normalized spacial score (nSPS) is 16.4. The molecule has 0 aromatic rings. The molecule has 0 aromatic carbocycles. The highest BCUT2D eigenvalue weighted by Crippen LogP contribution is 2.13. The fourth-order valence-corrected chi connectivity index (χ4v) is 2.82. The molecule has 0 spiro atoms. The Morgan fingerprint density at radius 2 is 1.17 bits per heavy atom. The van der Waals surface area contributed by atoms with Gasteiger partial charge in [-0.1, -0.05) is 0 Å². The van der Waals surface area contributed by atoms with Crippen LogP contribution in [0.25, 0.3) is 0 Å². The summed E-state index contributed by atoms with van der Waals surface area (Å²) in [6.07, 6.45) is 2.74. The van der Waals surface area contributed by atoms with Gasteiger partial charge in [0.1, 0.15) is 5.60 Å². The lowest BCUT2D eigenvalue weighted by molar-refractivity contribution is -0.169. The molecule has 0 bridgehead atoms. The van der Waals surface area contributed by atoms with Gasteiger partial charge in [-0.25, -0.2) is 4.79 Å². The van der Waals surface area contributed by atoms with Gasteiger partial charge in [0.2, 0.25) is 0 Å². The number of hydrogen-bond donors (Lipinski definition) is 1. The second-order valence-electron chi connectivity index (χ2n) is 8.77. The molecule has 208 valence electrons. The molecule has 1 fully saturated rings. The average Bonchev–Trinajstić information content (AvgIpc) is 2.82. The summed E-state index contributed by atoms with van der Waals surface area (Å²) in [5.74, 6) is 0. The van der Waals surface area contributed by atoms with E-state index in [-0.39, 0.29) is 6.29 Å². The van der Waals surface area contributed by atoms with Crippen LogP contribution in [0.5, 0.6) is 0 Å². The fraction of sp³-hybridized carbons (Fsp3) is 0.958. The van der Waals surface area contributed by atoms with Crippen LogP contribution >= 0.6 is 0 Å². The molecule has 1 rings (SSSR count). The standard InChI is InChI=1S/C24H47NO10/c1-24(2,3)35-23(26)25-7-9-27-10-11-28-12-13-29-14-15-30-16-17-31-18-19-32-20-21-34-22-6-4-5-8-33-22/h22H,4-21H2,1-3H3,(H,25,26). The zero-order valence-corrected chi connectivity index (χ0v) is 21.9. The Labute approximate surface area is 210 Å². The first kappa shape index (κ1) is 32.0. The third-order valence-corrected chi connectivity index (χ3v) is 4.44. The van der Waals surface area contributed by atoms with E-state index in [4.69, 9.17) is 42.6 Å². The number of ether oxygens (including phenoxy) is 9. The van der Waals surface area contributed by atoms with Crippen molar-refractivity contribution >= 4 is 6.09 Å². The summed E-state index contributed by atoms with van der Waals surface area (Å²) in [4.78, 5) is 11.4. The van der Waals surface area contributed by atoms with Gasteiger partial charge in [-0.05, 0) is 40.0 Å². The molecular formula is C24H47NO10. The van der Waals surface area contributed by atoms with Crippen LogP contribution in [0.4, 0.5) is 4.79 Å². The molecule has 1 atom stereocenters. The summed E-state index contributed by atoms with van der Waals surface area (Å²) in [5, 5.41) is 2.63. The largest absolute Gasteiger partial charge is 0.444 e. The first-order chi connectivity index (χ1) is 17.0. The van der Waals surface area contributed by atoms with Crippen LogP contribution in [0, 0.1) is 0 Å². The molecule has 35 heavy (non-hydrogen) atoms. The Morgan fingerprint density at radius 3 is 1.60 bits per heavy atom. The minimum atomic E-state index is -0.502. The smallest absolute Gasteiger partial charge is 0.407 e. The molecule has 1 aliphatic rings. The number of carbonyl (C=O) groups excluding carboxylic acids is 1. The zero-order valence-electron chi connectivity index (χ0n) is 21.9. The molecule has 0 radical (unpaired) electrons. The number of carbonyl (C=O) groups is 1. The van der Waals surface area contributed by atoms with E-state index in [1.165, 1.54) is 0 Å². The molecule has 1 unspecified atom stereocenters. The van der Waals surface area contributed by atoms with E-state index < -0.39 is 11.7 Å². The van der Waals surface area contributed by atoms with Crippen LogP contribution in [0.3, 0.4) is 0 Å². The zero-order chi connectivity index (χ0) is 25.5. The Morgan fingerprint density at radius 1 is 0.714 bits per heavy atom. The third kappa shape index (κ3) is 23.1. The van der Waals surface area contributed by atoms with Crippen LogP contribution < -0.4 is 5.32 Å². The third-order valence-electron chi connectivity index (χ3n) is 4.44. The minimum Gasteiger partial charge on any atom is -0.444 e. The Bertz CT molecular complexity index is 483. The van der Waals surface area contributed by atoms with Gasteiger partial charge in [0.05, 0.1) is 85.9 Å². The highest BCUT2D eigenvalue weighted by molar-refractivity contribution is 5.67. The quantitative estimate of drug-likeness (QED) is 0.218. The number of hydrogen-bond acceptors (Lipinski definition) is 10. The minimum absolute atomic E-state index is 0.0654. The van der Waals surface area contributed by atoms with Crippen LogP contribution in [0.1, 0.15) is 40.0 Å². The summed E-state index contributed by atoms with van der Waals surface area (Å²) in [5.41, 5.74) is -0.502. The molecule has 1 amide bonds. The molecule has 11 nitrogen and oxygen atoms in total. The monoisotopic (exact) mass is 509 g/mol. The lowest BCUT2D eigenvalue weighted by Crippen LogP contribution is -2.34. The highest BCUT2D eigenvalue weighted by atomic mass is 16.7. The van der Waals surface area contributed by atoms with Gasteiger partial charge < -0.3 is 47.9 Å². The van der Waals surface area contributed by atoms with Crippen molar-refractivity contribution in [3.05, 3.63) is 0 Å². The predicted molar refractivity (Wildman–Crippen MR) is 129 cm³/mol. The summed E-state index contributed by atoms with van der Waals surface area (Å²) >= 11 is 0. The molecule has 0 aliphatic carbocycles. The van der Waals surface area contributed by atoms with Gasteiger partial charge in [0.15, 0.2) is 6.29 Å². The number of amides is 1. The first-order valence-corrected chi connectivity index (χ1v) is 12.6. The van der Waals surface area contributed by atoms with Crippen molar-refractivity contribution in [2.75, 3.05) is 99.0 Å². The van der Waals surface area contributed by atoms with E-state index >= 15 is 0 Å². The molecule has 1 saturated heterocycles. The second kappa shape index (κ2) is 22.2. The van der Waals surface area contributed by atoms with E-state index in [0.29, 0.717) is 92.4 Å². The van der Waals surface area contributed by atoms with Crippen LogP contribution in [0.15, 0.2) is 0 Å². The Kier molecular flexibility index (Phi) is 20.3. The van der Waals surface area contributed by atoms with Crippen molar-refractivity contribution in [1.29, 1.82) is 0 Å². The van der Waals surface area contributed by atoms with Crippen LogP contribution in [-0.4, -0.2) is 117 Å². The van der Waals surface area contributed by atoms with Crippen molar-refractivity contribution in [1.82, 2.24) is 5.32 Å². The molecule has 1 aliphatic heterocycles. The summed E-state index contributed by atoms with van der Waals surface area (Å²) in [7, 11) is 0. The van der Waals surface area contributed by atoms with Gasteiger partial charge >= 0.3 is 6.09 Å². The topological polar surface area (TPSA) is 112 Å². The summed E-state index contributed by atoms with van der Waals surface area (Å²) in [6, 6.07) is 0. The van der Waals surface area contributed by atoms with E-state index in [1.54, 1.807) is 0 Å². The average molecular weight is 510 g/mol. The molecular weight excluding hydrogens is 462 g/mol. The molecule has 0 aromatic heterocycles. The van der Waals surface area contributed by atoms with Gasteiger partial charge in [-0.3, -0.25) is 0 Å². The van der Waals surface area contributed by atoms with E-state index in [2.05, 4.69) is 5.32 Å². The van der Waals surface area contributed by atoms with Crippen molar-refractivity contribution in [2.24, 2.45) is 0 Å². The maximum absolute atomic E-state index is 11.4. The maximum Gasteiger partial charge on any atom is 0.407 e. The number of nitrogens with one attached hydrogen (secondary N) is 1. The molecule has 1 N–H and O–H groups in total. The lowest BCUT2D eigenvalue weighted by Gasteiger charge is -2.22. The highest BCUT2D eigenvalue weighted by Gasteiger charge is 2.15. The number of alkyl carbamates (subject to hydrolysis) is 1. The van der Waals surface area contributed by atoms with Crippen molar-refractivity contribution in [3.8, 4) is 0 Å². The predicted octanol–water partition coefficient (Wildman–Crippen LogP) is 2.15. The van der Waals surface area contributed by atoms with E-state index in [1.807, 2.05) is 20.8 Å². The molecule has 11 heteroatoms. The van der Waals surface area contributed by atoms with E-state index in [9.17, 15) is 4.79 Å². The molecule has 0 saturated carbocycles. The van der Waals surface area contributed by atoms with Gasteiger partial charge in [0.25, 0.3) is 0 Å². The SMILES string of the molecule is CC(C)(C)OC(=O)NCCOCCOCCOCCOCCOCCOCCOC1CCCCO1. The van der Waals surface area contributed by atoms with Crippen molar-refractivity contribution in [3.63, 3.8) is 0 Å². The maximum atomic E-state index is 11.4.